The largest absolute Gasteiger partial charge is 0.495 e. The molecule has 1 amide bonds. The van der Waals surface area contributed by atoms with Crippen molar-refractivity contribution in [3.8, 4) is 11.5 Å². The standard InChI is InChI=1S/C22H27BrClNO3/c1-14-11-18(20(27-5)13-17(14)24)25-21(26)7-6-10-28-19-9-8-15(12-16(19)23)22(2,3)4/h8-9,11-13H,6-7,10H2,1-5H3,(H,25,26). The summed E-state index contributed by atoms with van der Waals surface area (Å²) < 4.78 is 12.0. The first kappa shape index (κ1) is 22.6. The van der Waals surface area contributed by atoms with E-state index in [2.05, 4.69) is 54.2 Å². The highest BCUT2D eigenvalue weighted by Crippen LogP contribution is 2.32. The Morgan fingerprint density at radius 3 is 2.50 bits per heavy atom. The summed E-state index contributed by atoms with van der Waals surface area (Å²) in [5.41, 5.74) is 2.82. The molecule has 0 saturated carbocycles. The molecule has 0 aliphatic heterocycles. The van der Waals surface area contributed by atoms with E-state index >= 15 is 0 Å². The molecule has 2 aromatic carbocycles. The minimum Gasteiger partial charge on any atom is -0.495 e. The first-order valence-corrected chi connectivity index (χ1v) is 10.4. The Labute approximate surface area is 180 Å². The Bertz CT molecular complexity index is 846. The number of ether oxygens (including phenoxy) is 2. The maximum absolute atomic E-state index is 12.2. The lowest BCUT2D eigenvalue weighted by atomic mass is 9.87. The molecule has 0 bridgehead atoms. The van der Waals surface area contributed by atoms with Gasteiger partial charge in [-0.1, -0.05) is 38.4 Å². The van der Waals surface area contributed by atoms with Crippen molar-refractivity contribution >= 4 is 39.1 Å². The van der Waals surface area contributed by atoms with Gasteiger partial charge in [0.15, 0.2) is 0 Å². The summed E-state index contributed by atoms with van der Waals surface area (Å²) in [4.78, 5) is 12.2. The van der Waals surface area contributed by atoms with E-state index in [1.54, 1.807) is 13.2 Å². The van der Waals surface area contributed by atoms with Crippen molar-refractivity contribution in [3.05, 3.63) is 51.0 Å². The third kappa shape index (κ3) is 6.14. The molecule has 0 spiro atoms. The third-order valence-corrected chi connectivity index (χ3v) is 5.39. The molecule has 0 aromatic heterocycles. The van der Waals surface area contributed by atoms with Crippen LogP contribution in [0.3, 0.4) is 0 Å². The summed E-state index contributed by atoms with van der Waals surface area (Å²) in [6.07, 6.45) is 0.955. The van der Waals surface area contributed by atoms with Crippen molar-refractivity contribution in [3.63, 3.8) is 0 Å². The van der Waals surface area contributed by atoms with E-state index in [1.165, 1.54) is 5.56 Å². The van der Waals surface area contributed by atoms with Crippen molar-refractivity contribution in [1.82, 2.24) is 0 Å². The maximum Gasteiger partial charge on any atom is 0.224 e. The summed E-state index contributed by atoms with van der Waals surface area (Å²) >= 11 is 9.66. The highest BCUT2D eigenvalue weighted by molar-refractivity contribution is 9.10. The molecule has 0 aliphatic carbocycles. The highest BCUT2D eigenvalue weighted by Gasteiger charge is 2.15. The molecule has 0 aliphatic rings. The molecule has 2 aromatic rings. The number of carbonyl (C=O) groups excluding carboxylic acids is 1. The second kappa shape index (κ2) is 9.66. The molecule has 0 saturated heterocycles. The van der Waals surface area contributed by atoms with Gasteiger partial charge in [0.1, 0.15) is 11.5 Å². The normalized spacial score (nSPS) is 11.2. The van der Waals surface area contributed by atoms with Gasteiger partial charge in [0, 0.05) is 17.5 Å². The molecule has 0 heterocycles. The Balaban J connectivity index is 1.86. The first-order valence-electron chi connectivity index (χ1n) is 9.18. The van der Waals surface area contributed by atoms with Gasteiger partial charge in [-0.3, -0.25) is 4.79 Å². The fourth-order valence-electron chi connectivity index (χ4n) is 2.64. The monoisotopic (exact) mass is 467 g/mol. The van der Waals surface area contributed by atoms with E-state index in [0.717, 1.165) is 15.8 Å². The second-order valence-corrected chi connectivity index (χ2v) is 8.96. The van der Waals surface area contributed by atoms with Gasteiger partial charge in [-0.05, 0) is 64.0 Å². The predicted molar refractivity (Wildman–Crippen MR) is 119 cm³/mol. The van der Waals surface area contributed by atoms with Crippen LogP contribution in [0.1, 0.15) is 44.7 Å². The summed E-state index contributed by atoms with van der Waals surface area (Å²) in [7, 11) is 1.55. The molecule has 2 rings (SSSR count). The fourth-order valence-corrected chi connectivity index (χ4v) is 3.29. The van der Waals surface area contributed by atoms with Gasteiger partial charge in [0.25, 0.3) is 0 Å². The van der Waals surface area contributed by atoms with Crippen molar-refractivity contribution in [2.75, 3.05) is 19.0 Å². The average molecular weight is 469 g/mol. The Morgan fingerprint density at radius 2 is 1.89 bits per heavy atom. The Morgan fingerprint density at radius 1 is 1.18 bits per heavy atom. The molecule has 0 unspecified atom stereocenters. The van der Waals surface area contributed by atoms with Crippen LogP contribution in [-0.2, 0) is 10.2 Å². The van der Waals surface area contributed by atoms with E-state index in [0.29, 0.717) is 35.9 Å². The Hall–Kier alpha value is -1.72. The zero-order valence-electron chi connectivity index (χ0n) is 17.0. The molecule has 6 heteroatoms. The van der Waals surface area contributed by atoms with Gasteiger partial charge in [0.2, 0.25) is 5.91 Å². The minimum atomic E-state index is -0.0919. The van der Waals surface area contributed by atoms with Crippen molar-refractivity contribution in [2.45, 2.75) is 46.0 Å². The second-order valence-electron chi connectivity index (χ2n) is 7.70. The molecular weight excluding hydrogens is 442 g/mol. The van der Waals surface area contributed by atoms with Gasteiger partial charge in [-0.15, -0.1) is 0 Å². The third-order valence-electron chi connectivity index (χ3n) is 4.36. The molecule has 0 atom stereocenters. The quantitative estimate of drug-likeness (QED) is 0.471. The molecule has 1 N–H and O–H groups in total. The first-order chi connectivity index (χ1) is 13.1. The summed E-state index contributed by atoms with van der Waals surface area (Å²) in [6, 6.07) is 9.63. The number of rotatable bonds is 7. The highest BCUT2D eigenvalue weighted by atomic mass is 79.9. The van der Waals surface area contributed by atoms with Gasteiger partial charge in [0.05, 0.1) is 23.9 Å². The van der Waals surface area contributed by atoms with E-state index in [1.807, 2.05) is 19.1 Å². The number of anilines is 1. The van der Waals surface area contributed by atoms with Crippen LogP contribution in [0.4, 0.5) is 5.69 Å². The molecule has 0 radical (unpaired) electrons. The van der Waals surface area contributed by atoms with Crippen LogP contribution >= 0.6 is 27.5 Å². The summed E-state index contributed by atoms with van der Waals surface area (Å²) in [5, 5.41) is 3.48. The van der Waals surface area contributed by atoms with Crippen LogP contribution in [-0.4, -0.2) is 19.6 Å². The molecular formula is C22H27BrClNO3. The topological polar surface area (TPSA) is 47.6 Å². The fraction of sp³-hybridized carbons (Fsp3) is 0.409. The number of halogens is 2. The van der Waals surface area contributed by atoms with Crippen LogP contribution in [0.2, 0.25) is 5.02 Å². The van der Waals surface area contributed by atoms with Crippen LogP contribution in [0.5, 0.6) is 11.5 Å². The number of nitrogens with one attached hydrogen (secondary N) is 1. The SMILES string of the molecule is COc1cc(Cl)c(C)cc1NC(=O)CCCOc1ccc(C(C)(C)C)cc1Br. The van der Waals surface area contributed by atoms with Crippen molar-refractivity contribution in [2.24, 2.45) is 0 Å². The number of methoxy groups -OCH3 is 1. The zero-order valence-corrected chi connectivity index (χ0v) is 19.3. The lowest BCUT2D eigenvalue weighted by Gasteiger charge is -2.20. The predicted octanol–water partition coefficient (Wildman–Crippen LogP) is 6.51. The number of benzene rings is 2. The number of hydrogen-bond acceptors (Lipinski definition) is 3. The molecule has 152 valence electrons. The summed E-state index contributed by atoms with van der Waals surface area (Å²) in [6.45, 7) is 8.85. The van der Waals surface area contributed by atoms with Crippen LogP contribution in [0.15, 0.2) is 34.8 Å². The van der Waals surface area contributed by atoms with Crippen LogP contribution in [0, 0.1) is 6.92 Å². The van der Waals surface area contributed by atoms with Gasteiger partial charge < -0.3 is 14.8 Å². The van der Waals surface area contributed by atoms with Gasteiger partial charge >= 0.3 is 0 Å². The van der Waals surface area contributed by atoms with Crippen molar-refractivity contribution < 1.29 is 14.3 Å². The van der Waals surface area contributed by atoms with E-state index in [4.69, 9.17) is 21.1 Å². The Kier molecular flexibility index (Phi) is 7.79. The summed E-state index contributed by atoms with van der Waals surface area (Å²) in [5.74, 6) is 1.23. The smallest absolute Gasteiger partial charge is 0.224 e. The number of amides is 1. The maximum atomic E-state index is 12.2. The minimum absolute atomic E-state index is 0.0835. The number of aryl methyl sites for hydroxylation is 1. The lowest BCUT2D eigenvalue weighted by Crippen LogP contribution is -2.14. The molecule has 28 heavy (non-hydrogen) atoms. The van der Waals surface area contributed by atoms with E-state index in [-0.39, 0.29) is 11.3 Å². The van der Waals surface area contributed by atoms with Crippen molar-refractivity contribution in [1.29, 1.82) is 0 Å². The molecule has 4 nitrogen and oxygen atoms in total. The van der Waals surface area contributed by atoms with E-state index < -0.39 is 0 Å². The zero-order chi connectivity index (χ0) is 20.9. The number of carbonyl (C=O) groups is 1. The number of hydrogen-bond donors (Lipinski definition) is 1. The van der Waals surface area contributed by atoms with Crippen LogP contribution in [0.25, 0.3) is 0 Å². The van der Waals surface area contributed by atoms with Gasteiger partial charge in [-0.2, -0.15) is 0 Å². The van der Waals surface area contributed by atoms with Gasteiger partial charge in [-0.25, -0.2) is 0 Å². The average Bonchev–Trinajstić information content (AvgIpc) is 2.61. The van der Waals surface area contributed by atoms with Crippen LogP contribution < -0.4 is 14.8 Å². The molecule has 0 fully saturated rings. The van der Waals surface area contributed by atoms with E-state index in [9.17, 15) is 4.79 Å². The lowest BCUT2D eigenvalue weighted by molar-refractivity contribution is -0.116.